The molecule has 1 atom stereocenters. The predicted molar refractivity (Wildman–Crippen MR) is 114 cm³/mol. The molecule has 1 aromatic heterocycles. The van der Waals surface area contributed by atoms with Gasteiger partial charge in [0, 0.05) is 50.6 Å². The van der Waals surface area contributed by atoms with Crippen molar-refractivity contribution < 1.29 is 9.47 Å². The second kappa shape index (κ2) is 9.03. The summed E-state index contributed by atoms with van der Waals surface area (Å²) >= 11 is 1.68. The maximum atomic E-state index is 6.21. The molecule has 3 fully saturated rings. The van der Waals surface area contributed by atoms with Gasteiger partial charge < -0.3 is 25.0 Å². The zero-order chi connectivity index (χ0) is 17.1. The molecule has 1 spiro atoms. The van der Waals surface area contributed by atoms with Gasteiger partial charge in [-0.05, 0) is 12.8 Å². The zero-order valence-corrected chi connectivity index (χ0v) is 18.2. The van der Waals surface area contributed by atoms with Crippen LogP contribution in [0, 0.1) is 0 Å². The van der Waals surface area contributed by atoms with Crippen molar-refractivity contribution in [1.29, 1.82) is 0 Å². The molecule has 1 saturated carbocycles. The summed E-state index contributed by atoms with van der Waals surface area (Å²) in [4.78, 5) is 13.4. The summed E-state index contributed by atoms with van der Waals surface area (Å²) in [6.07, 6.45) is 7.60. The van der Waals surface area contributed by atoms with Crippen LogP contribution >= 0.6 is 35.3 Å². The number of piperazine rings is 1. The minimum absolute atomic E-state index is 0. The van der Waals surface area contributed by atoms with Gasteiger partial charge in [0.15, 0.2) is 16.9 Å². The normalized spacial score (nSPS) is 26.2. The molecule has 2 saturated heterocycles. The van der Waals surface area contributed by atoms with E-state index in [-0.39, 0.29) is 35.9 Å². The largest absolute Gasteiger partial charge is 0.370 e. The standard InChI is InChI=1S/C17H27N5O2S.HI/c18-15(21-7-9-22(10-8-21)16-19-6-11-25-16)20-12-14-13-23-17(24-14)4-2-1-3-5-17;/h6,11,14H,1-5,7-10,12-13H2,(H2,18,20);1H. The summed E-state index contributed by atoms with van der Waals surface area (Å²) in [5.41, 5.74) is 6.21. The quantitative estimate of drug-likeness (QED) is 0.396. The lowest BCUT2D eigenvalue weighted by Gasteiger charge is -2.35. The monoisotopic (exact) mass is 493 g/mol. The Kier molecular flexibility index (Phi) is 6.98. The van der Waals surface area contributed by atoms with E-state index in [9.17, 15) is 0 Å². The second-order valence-corrected chi connectivity index (χ2v) is 7.88. The first kappa shape index (κ1) is 20.1. The number of thiazole rings is 1. The summed E-state index contributed by atoms with van der Waals surface area (Å²) < 4.78 is 12.1. The number of rotatable bonds is 3. The molecular weight excluding hydrogens is 465 g/mol. The first-order chi connectivity index (χ1) is 12.2. The molecule has 7 nitrogen and oxygen atoms in total. The molecule has 0 bridgehead atoms. The van der Waals surface area contributed by atoms with E-state index in [1.807, 2.05) is 11.6 Å². The van der Waals surface area contributed by atoms with Crippen LogP contribution in [0.5, 0.6) is 0 Å². The zero-order valence-electron chi connectivity index (χ0n) is 15.0. The number of hydrogen-bond donors (Lipinski definition) is 1. The maximum absolute atomic E-state index is 6.21. The molecule has 1 aromatic rings. The van der Waals surface area contributed by atoms with E-state index in [4.69, 9.17) is 15.2 Å². The van der Waals surface area contributed by atoms with Crippen LogP contribution in [0.1, 0.15) is 32.1 Å². The van der Waals surface area contributed by atoms with E-state index in [1.165, 1.54) is 19.3 Å². The molecule has 0 aromatic carbocycles. The molecule has 9 heteroatoms. The molecule has 1 unspecified atom stereocenters. The van der Waals surface area contributed by atoms with Crippen molar-refractivity contribution in [3.63, 3.8) is 0 Å². The number of aliphatic imine (C=N–C) groups is 1. The lowest BCUT2D eigenvalue weighted by Crippen LogP contribution is -2.51. The van der Waals surface area contributed by atoms with Crippen molar-refractivity contribution in [2.45, 2.75) is 44.0 Å². The minimum atomic E-state index is -0.327. The molecule has 0 amide bonds. The van der Waals surface area contributed by atoms with E-state index in [2.05, 4.69) is 19.8 Å². The molecule has 26 heavy (non-hydrogen) atoms. The van der Waals surface area contributed by atoms with E-state index in [0.29, 0.717) is 19.1 Å². The number of halogens is 1. The van der Waals surface area contributed by atoms with Gasteiger partial charge in [0.05, 0.1) is 13.2 Å². The number of hydrogen-bond acceptors (Lipinski definition) is 6. The molecule has 4 rings (SSSR count). The molecular formula is C17H28IN5O2S. The Morgan fingerprint density at radius 3 is 2.73 bits per heavy atom. The van der Waals surface area contributed by atoms with Crippen LogP contribution in [0.3, 0.4) is 0 Å². The summed E-state index contributed by atoms with van der Waals surface area (Å²) in [6, 6.07) is 0. The van der Waals surface area contributed by atoms with Gasteiger partial charge in [-0.2, -0.15) is 0 Å². The van der Waals surface area contributed by atoms with E-state index >= 15 is 0 Å². The lowest BCUT2D eigenvalue weighted by atomic mass is 9.94. The summed E-state index contributed by atoms with van der Waals surface area (Å²) in [7, 11) is 0. The third kappa shape index (κ3) is 4.60. The highest BCUT2D eigenvalue weighted by atomic mass is 127. The highest BCUT2D eigenvalue weighted by Gasteiger charge is 2.42. The maximum Gasteiger partial charge on any atom is 0.191 e. The van der Waals surface area contributed by atoms with Gasteiger partial charge in [0.1, 0.15) is 6.10 Å². The Bertz CT molecular complexity index is 586. The van der Waals surface area contributed by atoms with E-state index in [0.717, 1.165) is 44.2 Å². The fourth-order valence-corrected chi connectivity index (χ4v) is 4.55. The van der Waals surface area contributed by atoms with Crippen LogP contribution in [0.25, 0.3) is 0 Å². The van der Waals surface area contributed by atoms with Crippen molar-refractivity contribution in [2.75, 3.05) is 44.2 Å². The minimum Gasteiger partial charge on any atom is -0.370 e. The van der Waals surface area contributed by atoms with Gasteiger partial charge in [-0.25, -0.2) is 4.98 Å². The molecule has 1 aliphatic carbocycles. The Morgan fingerprint density at radius 1 is 1.27 bits per heavy atom. The van der Waals surface area contributed by atoms with Crippen molar-refractivity contribution in [3.05, 3.63) is 11.6 Å². The van der Waals surface area contributed by atoms with E-state index < -0.39 is 0 Å². The van der Waals surface area contributed by atoms with Crippen LogP contribution in [-0.2, 0) is 9.47 Å². The van der Waals surface area contributed by atoms with Crippen molar-refractivity contribution in [1.82, 2.24) is 9.88 Å². The number of anilines is 1. The van der Waals surface area contributed by atoms with Gasteiger partial charge in [-0.15, -0.1) is 35.3 Å². The van der Waals surface area contributed by atoms with Crippen LogP contribution in [-0.4, -0.2) is 67.1 Å². The molecule has 146 valence electrons. The molecule has 3 heterocycles. The number of nitrogens with zero attached hydrogens (tertiary/aromatic N) is 4. The van der Waals surface area contributed by atoms with Gasteiger partial charge in [0.25, 0.3) is 0 Å². The number of guanidine groups is 1. The average Bonchev–Trinajstić information content (AvgIpc) is 3.31. The molecule has 2 N–H and O–H groups in total. The van der Waals surface area contributed by atoms with Crippen molar-refractivity contribution >= 4 is 46.4 Å². The summed E-state index contributed by atoms with van der Waals surface area (Å²) in [5.74, 6) is 0.291. The Labute approximate surface area is 176 Å². The molecule has 3 aliphatic rings. The fourth-order valence-electron chi connectivity index (χ4n) is 3.85. The first-order valence-electron chi connectivity index (χ1n) is 9.25. The second-order valence-electron chi connectivity index (χ2n) is 7.01. The third-order valence-electron chi connectivity index (χ3n) is 5.28. The van der Waals surface area contributed by atoms with Gasteiger partial charge >= 0.3 is 0 Å². The van der Waals surface area contributed by atoms with E-state index in [1.54, 1.807) is 11.3 Å². The summed E-state index contributed by atoms with van der Waals surface area (Å²) in [6.45, 7) is 4.82. The van der Waals surface area contributed by atoms with Gasteiger partial charge in [0.2, 0.25) is 0 Å². The van der Waals surface area contributed by atoms with Crippen LogP contribution in [0.4, 0.5) is 5.13 Å². The van der Waals surface area contributed by atoms with Crippen LogP contribution < -0.4 is 10.6 Å². The summed E-state index contributed by atoms with van der Waals surface area (Å²) in [5, 5.41) is 3.10. The molecule has 0 radical (unpaired) electrons. The van der Waals surface area contributed by atoms with Crippen LogP contribution in [0.2, 0.25) is 0 Å². The van der Waals surface area contributed by atoms with Crippen LogP contribution in [0.15, 0.2) is 16.6 Å². The SMILES string of the molecule is I.NC(=NCC1COC2(CCCCC2)O1)N1CCN(c2nccs2)CC1. The third-order valence-corrected chi connectivity index (χ3v) is 6.11. The number of aromatic nitrogens is 1. The van der Waals surface area contributed by atoms with Crippen molar-refractivity contribution in [3.8, 4) is 0 Å². The number of ether oxygens (including phenoxy) is 2. The average molecular weight is 493 g/mol. The molecule has 2 aliphatic heterocycles. The van der Waals surface area contributed by atoms with Crippen molar-refractivity contribution in [2.24, 2.45) is 10.7 Å². The number of nitrogens with two attached hydrogens (primary N) is 1. The Balaban J connectivity index is 0.00000196. The lowest BCUT2D eigenvalue weighted by molar-refractivity contribution is -0.186. The van der Waals surface area contributed by atoms with Gasteiger partial charge in [-0.1, -0.05) is 6.42 Å². The first-order valence-corrected chi connectivity index (χ1v) is 10.1. The van der Waals surface area contributed by atoms with Gasteiger partial charge in [-0.3, -0.25) is 4.99 Å². The highest BCUT2D eigenvalue weighted by molar-refractivity contribution is 14.0. The predicted octanol–water partition coefficient (Wildman–Crippen LogP) is 2.27. The Hall–Kier alpha value is -0.650. The Morgan fingerprint density at radius 2 is 2.04 bits per heavy atom. The smallest absolute Gasteiger partial charge is 0.191 e. The topological polar surface area (TPSA) is 76.2 Å². The highest BCUT2D eigenvalue weighted by Crippen LogP contribution is 2.37. The fraction of sp³-hybridized carbons (Fsp3) is 0.765.